The molecule has 0 saturated carbocycles. The van der Waals surface area contributed by atoms with E-state index in [0.717, 1.165) is 17.7 Å². The molecular formula is C18H15ClF2N4O. The van der Waals surface area contributed by atoms with Gasteiger partial charge in [0.25, 0.3) is 0 Å². The third kappa shape index (κ3) is 4.00. The molecule has 5 nitrogen and oxygen atoms in total. The maximum Gasteiger partial charge on any atom is 0.320 e. The number of carbonyl (C=O) groups excluding carboxylic acids is 1. The van der Waals surface area contributed by atoms with Gasteiger partial charge in [-0.15, -0.1) is 0 Å². The summed E-state index contributed by atoms with van der Waals surface area (Å²) in [5, 5.41) is 5.69. The van der Waals surface area contributed by atoms with E-state index < -0.39 is 23.7 Å². The van der Waals surface area contributed by atoms with Crippen LogP contribution in [0.2, 0.25) is 5.02 Å². The van der Waals surface area contributed by atoms with E-state index in [9.17, 15) is 13.6 Å². The van der Waals surface area contributed by atoms with Crippen LogP contribution in [0.5, 0.6) is 0 Å². The number of hydrogen-bond donors (Lipinski definition) is 2. The lowest BCUT2D eigenvalue weighted by atomic mass is 10.1. The molecule has 134 valence electrons. The van der Waals surface area contributed by atoms with Gasteiger partial charge in [0, 0.05) is 30.5 Å². The Morgan fingerprint density at radius 1 is 1.19 bits per heavy atom. The van der Waals surface area contributed by atoms with Crippen LogP contribution in [0.1, 0.15) is 17.4 Å². The minimum absolute atomic E-state index is 0.126. The Labute approximate surface area is 153 Å². The first kappa shape index (κ1) is 17.9. The summed E-state index contributed by atoms with van der Waals surface area (Å²) in [6, 6.07) is 8.61. The fraction of sp³-hybridized carbons (Fsp3) is 0.111. The number of nitrogens with zero attached hydrogens (tertiary/aromatic N) is 2. The molecule has 1 unspecified atom stereocenters. The van der Waals surface area contributed by atoms with Crippen LogP contribution in [-0.4, -0.2) is 15.6 Å². The van der Waals surface area contributed by atoms with E-state index in [1.165, 1.54) is 0 Å². The van der Waals surface area contributed by atoms with Crippen molar-refractivity contribution >= 4 is 23.3 Å². The highest BCUT2D eigenvalue weighted by atomic mass is 35.5. The van der Waals surface area contributed by atoms with Crippen molar-refractivity contribution < 1.29 is 13.6 Å². The number of imidazole rings is 1. The van der Waals surface area contributed by atoms with Gasteiger partial charge in [0.1, 0.15) is 23.5 Å². The van der Waals surface area contributed by atoms with E-state index in [1.807, 2.05) is 0 Å². The zero-order chi connectivity index (χ0) is 18.7. The van der Waals surface area contributed by atoms with Crippen LogP contribution in [0.4, 0.5) is 19.3 Å². The molecule has 0 aliphatic heterocycles. The van der Waals surface area contributed by atoms with Gasteiger partial charge in [0.05, 0.1) is 5.69 Å². The third-order valence-corrected chi connectivity index (χ3v) is 4.03. The van der Waals surface area contributed by atoms with Crippen molar-refractivity contribution in [3.8, 4) is 0 Å². The van der Waals surface area contributed by atoms with E-state index in [4.69, 9.17) is 11.6 Å². The molecule has 2 N–H and O–H groups in total. The highest BCUT2D eigenvalue weighted by molar-refractivity contribution is 6.30. The lowest BCUT2D eigenvalue weighted by Gasteiger charge is -2.19. The largest absolute Gasteiger partial charge is 0.336 e. The summed E-state index contributed by atoms with van der Waals surface area (Å²) in [6.45, 7) is 0. The topological polar surface area (TPSA) is 59.0 Å². The first-order chi connectivity index (χ1) is 12.4. The van der Waals surface area contributed by atoms with Gasteiger partial charge in [-0.25, -0.2) is 18.6 Å². The Morgan fingerprint density at radius 3 is 2.54 bits per heavy atom. The van der Waals surface area contributed by atoms with E-state index in [0.29, 0.717) is 16.9 Å². The van der Waals surface area contributed by atoms with Gasteiger partial charge in [-0.05, 0) is 29.8 Å². The van der Waals surface area contributed by atoms with Gasteiger partial charge in [-0.1, -0.05) is 23.7 Å². The van der Waals surface area contributed by atoms with Crippen molar-refractivity contribution in [1.29, 1.82) is 0 Å². The average Bonchev–Trinajstić information content (AvgIpc) is 3.02. The quantitative estimate of drug-likeness (QED) is 0.714. The number of hydrogen-bond acceptors (Lipinski definition) is 2. The molecular weight excluding hydrogens is 362 g/mol. The summed E-state index contributed by atoms with van der Waals surface area (Å²) >= 11 is 5.92. The minimum Gasteiger partial charge on any atom is -0.336 e. The molecule has 1 heterocycles. The van der Waals surface area contributed by atoms with E-state index >= 15 is 0 Å². The molecule has 0 aliphatic rings. The maximum atomic E-state index is 13.7. The lowest BCUT2D eigenvalue weighted by Crippen LogP contribution is -2.34. The fourth-order valence-electron chi connectivity index (χ4n) is 2.49. The molecule has 2 amide bonds. The molecule has 0 bridgehead atoms. The molecule has 3 rings (SSSR count). The van der Waals surface area contributed by atoms with Crippen LogP contribution in [0, 0.1) is 11.6 Å². The molecule has 8 heteroatoms. The van der Waals surface area contributed by atoms with Gasteiger partial charge in [0.2, 0.25) is 0 Å². The monoisotopic (exact) mass is 376 g/mol. The van der Waals surface area contributed by atoms with Gasteiger partial charge in [0.15, 0.2) is 0 Å². The van der Waals surface area contributed by atoms with Crippen molar-refractivity contribution in [3.63, 3.8) is 0 Å². The van der Waals surface area contributed by atoms with Crippen molar-refractivity contribution in [2.24, 2.45) is 7.05 Å². The number of amides is 2. The molecule has 26 heavy (non-hydrogen) atoms. The number of rotatable bonds is 4. The van der Waals surface area contributed by atoms with Gasteiger partial charge in [-0.2, -0.15) is 0 Å². The smallest absolute Gasteiger partial charge is 0.320 e. The van der Waals surface area contributed by atoms with Crippen LogP contribution >= 0.6 is 11.6 Å². The SMILES string of the molecule is Cn1ccnc1C(NC(=O)Nc1ccc(F)cc1F)c1ccc(Cl)cc1. The Balaban J connectivity index is 1.84. The van der Waals surface area contributed by atoms with Gasteiger partial charge >= 0.3 is 6.03 Å². The normalized spacial score (nSPS) is 11.8. The van der Waals surface area contributed by atoms with Gasteiger partial charge in [-0.3, -0.25) is 0 Å². The molecule has 0 fully saturated rings. The lowest BCUT2D eigenvalue weighted by molar-refractivity contribution is 0.249. The van der Waals surface area contributed by atoms with E-state index in [-0.39, 0.29) is 5.69 Å². The van der Waals surface area contributed by atoms with Crippen LogP contribution in [0.15, 0.2) is 54.9 Å². The number of aromatic nitrogens is 2. The summed E-state index contributed by atoms with van der Waals surface area (Å²) in [4.78, 5) is 16.6. The predicted octanol–water partition coefficient (Wildman–Crippen LogP) is 4.26. The Hall–Kier alpha value is -2.93. The summed E-state index contributed by atoms with van der Waals surface area (Å²) in [5.74, 6) is -0.997. The maximum absolute atomic E-state index is 13.7. The van der Waals surface area contributed by atoms with Crippen molar-refractivity contribution in [2.75, 3.05) is 5.32 Å². The van der Waals surface area contributed by atoms with Crippen LogP contribution < -0.4 is 10.6 Å². The summed E-state index contributed by atoms with van der Waals surface area (Å²) < 4.78 is 28.5. The zero-order valence-corrected chi connectivity index (χ0v) is 14.5. The Kier molecular flexibility index (Phi) is 5.18. The molecule has 2 aromatic carbocycles. The molecule has 0 saturated heterocycles. The highest BCUT2D eigenvalue weighted by Crippen LogP contribution is 2.23. The Morgan fingerprint density at radius 2 is 1.92 bits per heavy atom. The Bertz CT molecular complexity index is 927. The zero-order valence-electron chi connectivity index (χ0n) is 13.7. The number of benzene rings is 2. The van der Waals surface area contributed by atoms with Crippen LogP contribution in [0.25, 0.3) is 0 Å². The molecule has 0 radical (unpaired) electrons. The summed E-state index contributed by atoms with van der Waals surface area (Å²) in [7, 11) is 1.80. The van der Waals surface area contributed by atoms with Crippen LogP contribution in [-0.2, 0) is 7.05 Å². The van der Waals surface area contributed by atoms with Gasteiger partial charge < -0.3 is 15.2 Å². The molecule has 0 aliphatic carbocycles. The third-order valence-electron chi connectivity index (χ3n) is 3.77. The molecule has 1 aromatic heterocycles. The number of nitrogens with one attached hydrogen (secondary N) is 2. The standard InChI is InChI=1S/C18H15ClF2N4O/c1-25-9-8-22-17(25)16(11-2-4-12(19)5-3-11)24-18(26)23-15-7-6-13(20)10-14(15)21/h2-10,16H,1H3,(H2,23,24,26). The number of halogens is 3. The number of urea groups is 1. The van der Waals surface area contributed by atoms with Crippen molar-refractivity contribution in [3.05, 3.63) is 82.9 Å². The first-order valence-corrected chi connectivity index (χ1v) is 8.07. The summed E-state index contributed by atoms with van der Waals surface area (Å²) in [6.07, 6.45) is 3.36. The first-order valence-electron chi connectivity index (χ1n) is 7.69. The number of anilines is 1. The second kappa shape index (κ2) is 7.53. The van der Waals surface area contributed by atoms with Crippen molar-refractivity contribution in [1.82, 2.24) is 14.9 Å². The minimum atomic E-state index is -0.861. The van der Waals surface area contributed by atoms with E-state index in [2.05, 4.69) is 15.6 Å². The van der Waals surface area contributed by atoms with E-state index in [1.54, 1.807) is 48.3 Å². The fourth-order valence-corrected chi connectivity index (χ4v) is 2.61. The number of carbonyl (C=O) groups is 1. The van der Waals surface area contributed by atoms with Crippen molar-refractivity contribution in [2.45, 2.75) is 6.04 Å². The number of aryl methyl sites for hydroxylation is 1. The predicted molar refractivity (Wildman–Crippen MR) is 95.0 cm³/mol. The average molecular weight is 377 g/mol. The summed E-state index contributed by atoms with van der Waals surface area (Å²) in [5.41, 5.74) is 0.622. The van der Waals surface area contributed by atoms with Crippen LogP contribution in [0.3, 0.4) is 0 Å². The molecule has 3 aromatic rings. The highest BCUT2D eigenvalue weighted by Gasteiger charge is 2.21. The second-order valence-corrected chi connectivity index (χ2v) is 6.04. The molecule has 1 atom stereocenters. The second-order valence-electron chi connectivity index (χ2n) is 5.60. The molecule has 0 spiro atoms.